The number of thiazole rings is 1. The SMILES string of the molecule is CCc1csc(C(O)(C(F)(F)F)C(F)(F)F)n1. The van der Waals surface area contributed by atoms with Crippen LogP contribution < -0.4 is 0 Å². The summed E-state index contributed by atoms with van der Waals surface area (Å²) in [6.45, 7) is 1.53. The first-order valence-corrected chi connectivity index (χ1v) is 5.22. The van der Waals surface area contributed by atoms with E-state index in [-0.39, 0.29) is 23.5 Å². The predicted octanol–water partition coefficient (Wildman–Crippen LogP) is 3.02. The van der Waals surface area contributed by atoms with Gasteiger partial charge in [-0.25, -0.2) is 4.98 Å². The van der Waals surface area contributed by atoms with Crippen LogP contribution in [-0.2, 0) is 12.0 Å². The molecule has 0 aromatic carbocycles. The average molecular weight is 279 g/mol. The highest BCUT2D eigenvalue weighted by Crippen LogP contribution is 2.50. The monoisotopic (exact) mass is 279 g/mol. The van der Waals surface area contributed by atoms with E-state index >= 15 is 0 Å². The Morgan fingerprint density at radius 3 is 1.94 bits per heavy atom. The number of hydrogen-bond acceptors (Lipinski definition) is 3. The average Bonchev–Trinajstić information content (AvgIpc) is 2.61. The molecule has 0 radical (unpaired) electrons. The number of aliphatic hydroxyl groups is 1. The van der Waals surface area contributed by atoms with Crippen molar-refractivity contribution in [1.82, 2.24) is 4.98 Å². The molecule has 98 valence electrons. The molecule has 0 amide bonds. The van der Waals surface area contributed by atoms with Crippen LogP contribution in [-0.4, -0.2) is 22.4 Å². The van der Waals surface area contributed by atoms with Crippen molar-refractivity contribution in [3.05, 3.63) is 16.1 Å². The molecule has 0 fully saturated rings. The number of halogens is 6. The third-order valence-electron chi connectivity index (χ3n) is 2.04. The quantitative estimate of drug-likeness (QED) is 0.844. The first-order valence-electron chi connectivity index (χ1n) is 4.34. The fraction of sp³-hybridized carbons (Fsp3) is 0.625. The zero-order valence-corrected chi connectivity index (χ0v) is 9.17. The van der Waals surface area contributed by atoms with Gasteiger partial charge in [0.2, 0.25) is 0 Å². The number of alkyl halides is 6. The van der Waals surface area contributed by atoms with Gasteiger partial charge in [0.25, 0.3) is 0 Å². The Hall–Kier alpha value is -0.830. The van der Waals surface area contributed by atoms with Gasteiger partial charge in [0.15, 0.2) is 0 Å². The molecular formula is C8H7F6NOS. The molecule has 2 nitrogen and oxygen atoms in total. The number of rotatable bonds is 2. The molecule has 1 aromatic heterocycles. The van der Waals surface area contributed by atoms with Crippen LogP contribution in [0.15, 0.2) is 5.38 Å². The zero-order chi connectivity index (χ0) is 13.5. The van der Waals surface area contributed by atoms with Crippen LogP contribution in [0.3, 0.4) is 0 Å². The Kier molecular flexibility index (Phi) is 3.45. The standard InChI is InChI=1S/C8H7F6NOS/c1-2-4-3-17-5(15-4)6(16,7(9,10)11)8(12,13)14/h3,16H,2H2,1H3. The topological polar surface area (TPSA) is 33.1 Å². The number of aryl methyl sites for hydroxylation is 1. The molecule has 1 aromatic rings. The van der Waals surface area contributed by atoms with Gasteiger partial charge in [-0.2, -0.15) is 26.3 Å². The molecule has 0 aliphatic carbocycles. The fourth-order valence-corrected chi connectivity index (χ4v) is 2.08. The lowest BCUT2D eigenvalue weighted by atomic mass is 10.0. The first kappa shape index (κ1) is 14.2. The van der Waals surface area contributed by atoms with Gasteiger partial charge in [-0.3, -0.25) is 0 Å². The lowest BCUT2D eigenvalue weighted by Gasteiger charge is -2.30. The minimum atomic E-state index is -5.87. The number of hydrogen-bond donors (Lipinski definition) is 1. The van der Waals surface area contributed by atoms with E-state index < -0.39 is 23.0 Å². The number of nitrogens with zero attached hydrogens (tertiary/aromatic N) is 1. The van der Waals surface area contributed by atoms with Gasteiger partial charge >= 0.3 is 18.0 Å². The van der Waals surface area contributed by atoms with Crippen LogP contribution in [0.2, 0.25) is 0 Å². The highest BCUT2D eigenvalue weighted by molar-refractivity contribution is 7.09. The molecule has 0 aliphatic rings. The molecule has 0 unspecified atom stereocenters. The Morgan fingerprint density at radius 2 is 1.65 bits per heavy atom. The summed E-state index contributed by atoms with van der Waals surface area (Å²) in [5.41, 5.74) is -4.84. The van der Waals surface area contributed by atoms with E-state index in [1.54, 1.807) is 0 Å². The van der Waals surface area contributed by atoms with E-state index in [9.17, 15) is 26.3 Å². The lowest BCUT2D eigenvalue weighted by molar-refractivity contribution is -0.376. The molecule has 0 aliphatic heterocycles. The van der Waals surface area contributed by atoms with E-state index in [0.29, 0.717) is 0 Å². The molecule has 1 N–H and O–H groups in total. The van der Waals surface area contributed by atoms with Gasteiger partial charge in [0.1, 0.15) is 5.01 Å². The van der Waals surface area contributed by atoms with Gasteiger partial charge in [0, 0.05) is 5.38 Å². The molecule has 0 atom stereocenters. The highest BCUT2D eigenvalue weighted by atomic mass is 32.1. The summed E-state index contributed by atoms with van der Waals surface area (Å²) in [5, 5.41) is 8.61. The summed E-state index contributed by atoms with van der Waals surface area (Å²) in [4.78, 5) is 3.16. The molecule has 17 heavy (non-hydrogen) atoms. The van der Waals surface area contributed by atoms with E-state index in [2.05, 4.69) is 4.98 Å². The molecular weight excluding hydrogens is 272 g/mol. The summed E-state index contributed by atoms with van der Waals surface area (Å²) >= 11 is 0.134. The van der Waals surface area contributed by atoms with Crippen LogP contribution in [0.5, 0.6) is 0 Å². The van der Waals surface area contributed by atoms with E-state index in [1.165, 1.54) is 6.92 Å². The molecule has 1 rings (SSSR count). The summed E-state index contributed by atoms with van der Waals surface area (Å²) in [6.07, 6.45) is -11.6. The van der Waals surface area contributed by atoms with Crippen molar-refractivity contribution in [2.24, 2.45) is 0 Å². The second-order valence-corrected chi connectivity index (χ2v) is 4.06. The Balaban J connectivity index is 3.35. The van der Waals surface area contributed by atoms with Crippen molar-refractivity contribution in [3.8, 4) is 0 Å². The third-order valence-corrected chi connectivity index (χ3v) is 3.04. The van der Waals surface area contributed by atoms with Crippen molar-refractivity contribution in [2.75, 3.05) is 0 Å². The van der Waals surface area contributed by atoms with Crippen LogP contribution in [0.4, 0.5) is 26.3 Å². The maximum atomic E-state index is 12.4. The van der Waals surface area contributed by atoms with Crippen LogP contribution >= 0.6 is 11.3 Å². The second-order valence-electron chi connectivity index (χ2n) is 3.20. The minimum Gasteiger partial charge on any atom is -0.368 e. The normalized spacial score (nSPS) is 14.1. The Labute approximate surface area is 95.9 Å². The molecule has 9 heteroatoms. The summed E-state index contributed by atoms with van der Waals surface area (Å²) in [7, 11) is 0. The van der Waals surface area contributed by atoms with Crippen molar-refractivity contribution in [1.29, 1.82) is 0 Å². The fourth-order valence-electron chi connectivity index (χ4n) is 1.04. The molecule has 1 heterocycles. The maximum absolute atomic E-state index is 12.4. The van der Waals surface area contributed by atoms with Crippen molar-refractivity contribution < 1.29 is 31.4 Å². The molecule has 0 bridgehead atoms. The van der Waals surface area contributed by atoms with Gasteiger partial charge in [-0.1, -0.05) is 6.92 Å². The van der Waals surface area contributed by atoms with Crippen molar-refractivity contribution in [2.45, 2.75) is 31.3 Å². The summed E-state index contributed by atoms with van der Waals surface area (Å²) < 4.78 is 74.4. The predicted molar refractivity (Wildman–Crippen MR) is 47.5 cm³/mol. The first-order chi connectivity index (χ1) is 7.54. The zero-order valence-electron chi connectivity index (χ0n) is 8.35. The van der Waals surface area contributed by atoms with Gasteiger partial charge in [0.05, 0.1) is 5.69 Å². The largest absolute Gasteiger partial charge is 0.433 e. The number of aromatic nitrogens is 1. The maximum Gasteiger partial charge on any atom is 0.433 e. The smallest absolute Gasteiger partial charge is 0.368 e. The highest BCUT2D eigenvalue weighted by Gasteiger charge is 2.73. The molecule has 0 spiro atoms. The van der Waals surface area contributed by atoms with Crippen molar-refractivity contribution in [3.63, 3.8) is 0 Å². The van der Waals surface area contributed by atoms with Crippen molar-refractivity contribution >= 4 is 11.3 Å². The summed E-state index contributed by atoms with van der Waals surface area (Å²) in [6, 6.07) is 0. The third kappa shape index (κ3) is 2.25. The van der Waals surface area contributed by atoms with Crippen LogP contribution in [0.1, 0.15) is 17.6 Å². The molecule has 0 saturated carbocycles. The minimum absolute atomic E-state index is 0.0666. The van der Waals surface area contributed by atoms with E-state index in [4.69, 9.17) is 5.11 Å². The Bertz CT molecular complexity index is 381. The molecule has 0 saturated heterocycles. The van der Waals surface area contributed by atoms with Crippen LogP contribution in [0.25, 0.3) is 0 Å². The summed E-state index contributed by atoms with van der Waals surface area (Å²) in [5.74, 6) is 0. The van der Waals surface area contributed by atoms with Gasteiger partial charge in [-0.05, 0) is 6.42 Å². The van der Waals surface area contributed by atoms with E-state index in [0.717, 1.165) is 5.38 Å². The Morgan fingerprint density at radius 1 is 1.18 bits per heavy atom. The lowest BCUT2D eigenvalue weighted by Crippen LogP contribution is -2.53. The van der Waals surface area contributed by atoms with E-state index in [1.807, 2.05) is 0 Å². The van der Waals surface area contributed by atoms with Gasteiger partial charge < -0.3 is 5.11 Å². The van der Waals surface area contributed by atoms with Gasteiger partial charge in [-0.15, -0.1) is 11.3 Å². The van der Waals surface area contributed by atoms with Crippen LogP contribution in [0, 0.1) is 0 Å². The second kappa shape index (κ2) is 4.13.